The van der Waals surface area contributed by atoms with E-state index in [2.05, 4.69) is 46.0 Å². The van der Waals surface area contributed by atoms with E-state index in [-0.39, 0.29) is 35.9 Å². The van der Waals surface area contributed by atoms with Gasteiger partial charge in [-0.05, 0) is 36.6 Å². The molecule has 4 nitrogen and oxygen atoms in total. The van der Waals surface area contributed by atoms with Crippen LogP contribution in [-0.4, -0.2) is 36.8 Å². The molecule has 3 aliphatic rings. The minimum absolute atomic E-state index is 0.0233. The maximum absolute atomic E-state index is 12.8. The van der Waals surface area contributed by atoms with Gasteiger partial charge in [-0.1, -0.05) is 50.6 Å². The van der Waals surface area contributed by atoms with Crippen LogP contribution in [0.15, 0.2) is 42.5 Å². The van der Waals surface area contributed by atoms with Crippen LogP contribution < -0.4 is 4.74 Å². The van der Waals surface area contributed by atoms with Gasteiger partial charge in [-0.3, -0.25) is 9.28 Å². The van der Waals surface area contributed by atoms with Crippen molar-refractivity contribution in [2.75, 3.05) is 20.1 Å². The van der Waals surface area contributed by atoms with Crippen LogP contribution in [0, 0.1) is 17.8 Å². The van der Waals surface area contributed by atoms with Crippen molar-refractivity contribution >= 4 is 17.6 Å². The Morgan fingerprint density at radius 1 is 1.10 bits per heavy atom. The highest BCUT2D eigenvalue weighted by molar-refractivity contribution is 6.30. The number of benzene rings is 2. The zero-order valence-electron chi connectivity index (χ0n) is 18.7. The summed E-state index contributed by atoms with van der Waals surface area (Å²) in [4.78, 5) is 12.8. The molecule has 0 spiro atoms. The molecule has 5 rings (SSSR count). The van der Waals surface area contributed by atoms with E-state index in [4.69, 9.17) is 21.1 Å². The number of rotatable bonds is 4. The summed E-state index contributed by atoms with van der Waals surface area (Å²) in [6.07, 6.45) is 0.790. The lowest BCUT2D eigenvalue weighted by Crippen LogP contribution is -2.55. The monoisotopic (exact) mass is 440 g/mol. The highest BCUT2D eigenvalue weighted by Crippen LogP contribution is 2.53. The van der Waals surface area contributed by atoms with Gasteiger partial charge in [0.2, 0.25) is 6.23 Å². The summed E-state index contributed by atoms with van der Waals surface area (Å²) >= 11 is 6.41. The molecule has 5 heteroatoms. The van der Waals surface area contributed by atoms with E-state index in [1.807, 2.05) is 24.3 Å². The van der Waals surface area contributed by atoms with Crippen molar-refractivity contribution in [1.82, 2.24) is 0 Å². The fraction of sp³-hybridized carbons (Fsp3) is 0.500. The van der Waals surface area contributed by atoms with Crippen molar-refractivity contribution in [3.63, 3.8) is 0 Å². The number of fused-ring (bicyclic) bond motifs is 5. The first-order valence-electron chi connectivity index (χ1n) is 11.4. The van der Waals surface area contributed by atoms with Gasteiger partial charge >= 0.3 is 5.97 Å². The van der Waals surface area contributed by atoms with Crippen molar-refractivity contribution in [2.45, 2.75) is 45.3 Å². The minimum atomic E-state index is -0.164. The maximum Gasteiger partial charge on any atom is 0.313 e. The number of para-hydroxylation sites is 1. The Hall–Kier alpha value is -2.04. The van der Waals surface area contributed by atoms with Crippen molar-refractivity contribution in [3.8, 4) is 11.5 Å². The zero-order valence-corrected chi connectivity index (χ0v) is 19.4. The Morgan fingerprint density at radius 2 is 1.74 bits per heavy atom. The SMILES string of the molecule is CC(C)C(OC(=O)C1CC1C)[N+]1(C)CC2c3ccccc3Oc3ccc(Cl)cc3C2C1. The minimum Gasteiger partial charge on any atom is -0.457 e. The number of hydrogen-bond acceptors (Lipinski definition) is 3. The molecular weight excluding hydrogens is 410 g/mol. The molecule has 6 unspecified atom stereocenters. The predicted molar refractivity (Wildman–Crippen MR) is 121 cm³/mol. The van der Waals surface area contributed by atoms with E-state index in [1.165, 1.54) is 5.56 Å². The molecule has 6 atom stereocenters. The topological polar surface area (TPSA) is 35.5 Å². The molecule has 0 N–H and O–H groups in total. The van der Waals surface area contributed by atoms with Gasteiger partial charge in [0.05, 0.1) is 26.1 Å². The number of hydrogen-bond donors (Lipinski definition) is 0. The highest BCUT2D eigenvalue weighted by Gasteiger charge is 2.53. The summed E-state index contributed by atoms with van der Waals surface area (Å²) in [6, 6.07) is 14.3. The summed E-state index contributed by atoms with van der Waals surface area (Å²) in [5.74, 6) is 3.06. The van der Waals surface area contributed by atoms with E-state index < -0.39 is 0 Å². The second-order valence-corrected chi connectivity index (χ2v) is 10.7. The molecule has 164 valence electrons. The second kappa shape index (κ2) is 7.53. The number of halogens is 1. The number of nitrogens with zero attached hydrogens (tertiary/aromatic N) is 1. The van der Waals surface area contributed by atoms with Crippen LogP contribution >= 0.6 is 11.6 Å². The van der Waals surface area contributed by atoms with Crippen molar-refractivity contribution in [3.05, 3.63) is 58.6 Å². The van der Waals surface area contributed by atoms with Crippen LogP contribution in [-0.2, 0) is 9.53 Å². The lowest BCUT2D eigenvalue weighted by atomic mass is 9.84. The number of carbonyl (C=O) groups excluding carboxylic acids is 1. The molecular formula is C26H31ClNO3+. The van der Waals surface area contributed by atoms with E-state index in [0.29, 0.717) is 10.4 Å². The van der Waals surface area contributed by atoms with Crippen LogP contribution in [0.4, 0.5) is 0 Å². The second-order valence-electron chi connectivity index (χ2n) is 10.3. The van der Waals surface area contributed by atoms with Crippen LogP contribution in [0.5, 0.6) is 11.5 Å². The zero-order chi connectivity index (χ0) is 21.9. The van der Waals surface area contributed by atoms with Gasteiger partial charge in [-0.25, -0.2) is 0 Å². The van der Waals surface area contributed by atoms with Gasteiger partial charge in [0, 0.05) is 33.9 Å². The molecule has 2 aromatic carbocycles. The Kier molecular flexibility index (Phi) is 5.06. The number of esters is 1. The first-order chi connectivity index (χ1) is 14.8. The van der Waals surface area contributed by atoms with E-state index >= 15 is 0 Å². The maximum atomic E-state index is 12.8. The fourth-order valence-electron chi connectivity index (χ4n) is 5.81. The third-order valence-electron chi connectivity index (χ3n) is 7.46. The Bertz CT molecular complexity index is 1020. The normalized spacial score (nSPS) is 31.7. The smallest absolute Gasteiger partial charge is 0.313 e. The molecule has 2 fully saturated rings. The van der Waals surface area contributed by atoms with Gasteiger partial charge in [-0.2, -0.15) is 0 Å². The number of quaternary nitrogens is 1. The van der Waals surface area contributed by atoms with Gasteiger partial charge < -0.3 is 9.47 Å². The van der Waals surface area contributed by atoms with E-state index in [1.54, 1.807) is 0 Å². The molecule has 0 radical (unpaired) electrons. The van der Waals surface area contributed by atoms with Crippen LogP contribution in [0.1, 0.15) is 50.2 Å². The van der Waals surface area contributed by atoms with Crippen molar-refractivity contribution in [1.29, 1.82) is 0 Å². The summed E-state index contributed by atoms with van der Waals surface area (Å²) in [5, 5.41) is 0.725. The summed E-state index contributed by atoms with van der Waals surface area (Å²) < 4.78 is 13.2. The van der Waals surface area contributed by atoms with Gasteiger partial charge in [0.1, 0.15) is 11.5 Å². The van der Waals surface area contributed by atoms with Crippen LogP contribution in [0.3, 0.4) is 0 Å². The molecule has 0 amide bonds. The summed E-state index contributed by atoms with van der Waals surface area (Å²) in [7, 11) is 2.25. The molecule has 2 aliphatic heterocycles. The molecule has 0 bridgehead atoms. The molecule has 1 aliphatic carbocycles. The third-order valence-corrected chi connectivity index (χ3v) is 7.69. The predicted octanol–water partition coefficient (Wildman–Crippen LogP) is 5.95. The Labute approximate surface area is 189 Å². The average molecular weight is 441 g/mol. The first kappa shape index (κ1) is 20.8. The Balaban J connectivity index is 1.53. The summed E-state index contributed by atoms with van der Waals surface area (Å²) in [5.41, 5.74) is 2.38. The number of likely N-dealkylation sites (N-methyl/N-ethyl adjacent to an activating group) is 1. The standard InChI is InChI=1S/C26H31ClNO3/c1-15(2)25(31-26(29)19-11-16(19)3)28(4)13-21-18-7-5-6-8-23(18)30-24-10-9-17(27)12-20(24)22(21)14-28/h5-10,12,15-16,19,21-22,25H,11,13-14H2,1-4H3/q+1. The molecule has 0 aromatic heterocycles. The van der Waals surface area contributed by atoms with Gasteiger partial charge in [-0.15, -0.1) is 0 Å². The van der Waals surface area contributed by atoms with E-state index in [0.717, 1.165) is 41.6 Å². The molecule has 2 heterocycles. The van der Waals surface area contributed by atoms with Crippen molar-refractivity contribution < 1.29 is 18.8 Å². The van der Waals surface area contributed by atoms with Gasteiger partial charge in [0.15, 0.2) is 0 Å². The number of likely N-dealkylation sites (tertiary alicyclic amines) is 1. The van der Waals surface area contributed by atoms with Crippen molar-refractivity contribution in [2.24, 2.45) is 17.8 Å². The summed E-state index contributed by atoms with van der Waals surface area (Å²) in [6.45, 7) is 8.22. The lowest BCUT2D eigenvalue weighted by molar-refractivity contribution is -0.946. The molecule has 1 saturated heterocycles. The Morgan fingerprint density at radius 3 is 2.42 bits per heavy atom. The third kappa shape index (κ3) is 3.64. The number of carbonyl (C=O) groups is 1. The molecule has 2 aromatic rings. The van der Waals surface area contributed by atoms with Crippen LogP contribution in [0.25, 0.3) is 0 Å². The first-order valence-corrected chi connectivity index (χ1v) is 11.8. The van der Waals surface area contributed by atoms with Crippen LogP contribution in [0.2, 0.25) is 5.02 Å². The number of ether oxygens (including phenoxy) is 2. The largest absolute Gasteiger partial charge is 0.457 e. The van der Waals surface area contributed by atoms with Gasteiger partial charge in [0.25, 0.3) is 0 Å². The average Bonchev–Trinajstić information content (AvgIpc) is 3.38. The fourth-order valence-corrected chi connectivity index (χ4v) is 5.99. The molecule has 31 heavy (non-hydrogen) atoms. The highest BCUT2D eigenvalue weighted by atomic mass is 35.5. The molecule has 1 saturated carbocycles. The van der Waals surface area contributed by atoms with E-state index in [9.17, 15) is 4.79 Å². The quantitative estimate of drug-likeness (QED) is 0.435. The lowest BCUT2D eigenvalue weighted by Gasteiger charge is -2.39.